The Morgan fingerprint density at radius 3 is 2.37 bits per heavy atom. The normalized spacial score (nSPS) is 14.4. The summed E-state index contributed by atoms with van der Waals surface area (Å²) in [6.07, 6.45) is 0.988. The van der Waals surface area contributed by atoms with Crippen molar-refractivity contribution in [1.82, 2.24) is 15.1 Å². The zero-order valence-corrected chi connectivity index (χ0v) is 15.6. The van der Waals surface area contributed by atoms with E-state index in [1.54, 1.807) is 0 Å². The van der Waals surface area contributed by atoms with E-state index in [4.69, 9.17) is 0 Å². The van der Waals surface area contributed by atoms with Gasteiger partial charge in [0, 0.05) is 37.8 Å². The molecule has 0 unspecified atom stereocenters. The third-order valence-corrected chi connectivity index (χ3v) is 5.15. The molecule has 1 amide bonds. The molecule has 2 aromatic carbocycles. The number of hydrogen-bond donors (Lipinski definition) is 1. The molecule has 0 atom stereocenters. The Balaban J connectivity index is 1.39. The van der Waals surface area contributed by atoms with Crippen molar-refractivity contribution in [2.24, 2.45) is 0 Å². The second kappa shape index (κ2) is 7.66. The van der Waals surface area contributed by atoms with Crippen LogP contribution < -0.4 is 4.90 Å². The van der Waals surface area contributed by atoms with Gasteiger partial charge in [-0.15, -0.1) is 0 Å². The van der Waals surface area contributed by atoms with Crippen molar-refractivity contribution in [3.8, 4) is 11.3 Å². The number of amides is 1. The van der Waals surface area contributed by atoms with Crippen LogP contribution in [0.4, 0.5) is 5.82 Å². The smallest absolute Gasteiger partial charge is 0.253 e. The predicted molar refractivity (Wildman–Crippen MR) is 108 cm³/mol. The second-order valence-corrected chi connectivity index (χ2v) is 6.84. The first kappa shape index (κ1) is 17.3. The van der Waals surface area contributed by atoms with E-state index in [9.17, 15) is 4.79 Å². The molecule has 0 saturated carbocycles. The lowest BCUT2D eigenvalue weighted by molar-refractivity contribution is 0.0746. The lowest BCUT2D eigenvalue weighted by Gasteiger charge is -2.34. The van der Waals surface area contributed by atoms with Crippen LogP contribution in [0, 0.1) is 0 Å². The topological polar surface area (TPSA) is 52.2 Å². The SMILES string of the molecule is CCc1ccc(C(=O)N2CCN(c3cc(-c4ccccc4)[nH]n3)CC2)cc1. The summed E-state index contributed by atoms with van der Waals surface area (Å²) in [6, 6.07) is 20.2. The van der Waals surface area contributed by atoms with Crippen LogP contribution in [0.25, 0.3) is 11.3 Å². The first-order valence-electron chi connectivity index (χ1n) is 9.48. The average molecular weight is 360 g/mol. The molecule has 138 valence electrons. The van der Waals surface area contributed by atoms with E-state index in [1.165, 1.54) is 5.56 Å². The molecule has 1 fully saturated rings. The number of hydrogen-bond acceptors (Lipinski definition) is 3. The molecule has 2 heterocycles. The lowest BCUT2D eigenvalue weighted by atomic mass is 10.1. The number of aromatic amines is 1. The summed E-state index contributed by atoms with van der Waals surface area (Å²) < 4.78 is 0. The first-order valence-corrected chi connectivity index (χ1v) is 9.48. The zero-order valence-electron chi connectivity index (χ0n) is 15.6. The van der Waals surface area contributed by atoms with Crippen LogP contribution in [-0.2, 0) is 6.42 Å². The summed E-state index contributed by atoms with van der Waals surface area (Å²) >= 11 is 0. The van der Waals surface area contributed by atoms with Gasteiger partial charge < -0.3 is 9.80 Å². The molecule has 0 radical (unpaired) electrons. The average Bonchev–Trinajstić information content (AvgIpc) is 3.24. The van der Waals surface area contributed by atoms with Gasteiger partial charge in [-0.3, -0.25) is 9.89 Å². The van der Waals surface area contributed by atoms with Gasteiger partial charge in [0.25, 0.3) is 5.91 Å². The maximum absolute atomic E-state index is 12.7. The van der Waals surface area contributed by atoms with Gasteiger partial charge in [0.05, 0.1) is 5.69 Å². The van der Waals surface area contributed by atoms with E-state index in [2.05, 4.69) is 40.2 Å². The van der Waals surface area contributed by atoms with Crippen LogP contribution in [0.15, 0.2) is 60.7 Å². The number of anilines is 1. The van der Waals surface area contributed by atoms with Crippen molar-refractivity contribution in [3.05, 3.63) is 71.8 Å². The summed E-state index contributed by atoms with van der Waals surface area (Å²) in [5.41, 5.74) is 4.16. The van der Waals surface area contributed by atoms with Crippen LogP contribution in [0.3, 0.4) is 0 Å². The summed E-state index contributed by atoms with van der Waals surface area (Å²) in [5, 5.41) is 7.58. The van der Waals surface area contributed by atoms with E-state index < -0.39 is 0 Å². The highest BCUT2D eigenvalue weighted by Crippen LogP contribution is 2.22. The minimum atomic E-state index is 0.115. The van der Waals surface area contributed by atoms with Crippen LogP contribution in [0.1, 0.15) is 22.8 Å². The van der Waals surface area contributed by atoms with Crippen molar-refractivity contribution in [3.63, 3.8) is 0 Å². The molecule has 1 aliphatic heterocycles. The summed E-state index contributed by atoms with van der Waals surface area (Å²) in [7, 11) is 0. The minimum Gasteiger partial charge on any atom is -0.352 e. The van der Waals surface area contributed by atoms with Crippen LogP contribution in [0.5, 0.6) is 0 Å². The highest BCUT2D eigenvalue weighted by molar-refractivity contribution is 5.94. The molecular weight excluding hydrogens is 336 g/mol. The number of carbonyl (C=O) groups excluding carboxylic acids is 1. The lowest BCUT2D eigenvalue weighted by Crippen LogP contribution is -2.48. The third-order valence-electron chi connectivity index (χ3n) is 5.15. The number of aryl methyl sites for hydroxylation is 1. The van der Waals surface area contributed by atoms with Gasteiger partial charge in [-0.2, -0.15) is 5.10 Å². The van der Waals surface area contributed by atoms with Crippen molar-refractivity contribution >= 4 is 11.7 Å². The van der Waals surface area contributed by atoms with Crippen molar-refractivity contribution < 1.29 is 4.79 Å². The number of H-pyrrole nitrogens is 1. The molecule has 5 nitrogen and oxygen atoms in total. The fraction of sp³-hybridized carbons (Fsp3) is 0.273. The number of rotatable bonds is 4. The zero-order chi connectivity index (χ0) is 18.6. The fourth-order valence-corrected chi connectivity index (χ4v) is 3.44. The Labute approximate surface area is 159 Å². The Hall–Kier alpha value is -3.08. The van der Waals surface area contributed by atoms with Crippen molar-refractivity contribution in [2.45, 2.75) is 13.3 Å². The molecule has 1 aliphatic rings. The van der Waals surface area contributed by atoms with Gasteiger partial charge in [0.15, 0.2) is 5.82 Å². The van der Waals surface area contributed by atoms with Crippen molar-refractivity contribution in [1.29, 1.82) is 0 Å². The Morgan fingerprint density at radius 2 is 1.70 bits per heavy atom. The van der Waals surface area contributed by atoms with E-state index >= 15 is 0 Å². The van der Waals surface area contributed by atoms with Gasteiger partial charge >= 0.3 is 0 Å². The molecule has 0 aliphatic carbocycles. The van der Waals surface area contributed by atoms with Gasteiger partial charge in [-0.1, -0.05) is 49.4 Å². The molecule has 1 aromatic heterocycles. The van der Waals surface area contributed by atoms with E-state index in [-0.39, 0.29) is 5.91 Å². The number of benzene rings is 2. The number of nitrogens with zero attached hydrogens (tertiary/aromatic N) is 3. The predicted octanol–water partition coefficient (Wildman–Crippen LogP) is 3.60. The first-order chi connectivity index (χ1) is 13.2. The van der Waals surface area contributed by atoms with E-state index in [1.807, 2.05) is 47.4 Å². The quantitative estimate of drug-likeness (QED) is 0.773. The maximum Gasteiger partial charge on any atom is 0.253 e. The molecule has 4 rings (SSSR count). The number of nitrogens with one attached hydrogen (secondary N) is 1. The number of carbonyl (C=O) groups is 1. The van der Waals surface area contributed by atoms with E-state index in [0.717, 1.165) is 42.1 Å². The Bertz CT molecular complexity index is 894. The Kier molecular flexibility index (Phi) is 4.92. The molecule has 3 aromatic rings. The van der Waals surface area contributed by atoms with Crippen molar-refractivity contribution in [2.75, 3.05) is 31.1 Å². The third kappa shape index (κ3) is 3.72. The van der Waals surface area contributed by atoms with Gasteiger partial charge in [-0.25, -0.2) is 0 Å². The van der Waals surface area contributed by atoms with E-state index in [0.29, 0.717) is 13.1 Å². The molecular formula is C22H24N4O. The van der Waals surface area contributed by atoms with Gasteiger partial charge in [-0.05, 0) is 29.7 Å². The number of aromatic nitrogens is 2. The molecule has 1 saturated heterocycles. The fourth-order valence-electron chi connectivity index (χ4n) is 3.44. The largest absolute Gasteiger partial charge is 0.352 e. The number of piperazine rings is 1. The molecule has 5 heteroatoms. The molecule has 0 bridgehead atoms. The highest BCUT2D eigenvalue weighted by Gasteiger charge is 2.23. The Morgan fingerprint density at radius 1 is 1.00 bits per heavy atom. The minimum absolute atomic E-state index is 0.115. The second-order valence-electron chi connectivity index (χ2n) is 6.84. The maximum atomic E-state index is 12.7. The molecule has 27 heavy (non-hydrogen) atoms. The summed E-state index contributed by atoms with van der Waals surface area (Å²) in [4.78, 5) is 16.9. The standard InChI is InChI=1S/C22H24N4O/c1-2-17-8-10-19(11-9-17)22(27)26-14-12-25(13-15-26)21-16-20(23-24-21)18-6-4-3-5-7-18/h3-11,16H,2,12-15H2,1H3,(H,23,24). The van der Waals surface area contributed by atoms with Gasteiger partial charge in [0.1, 0.15) is 0 Å². The summed E-state index contributed by atoms with van der Waals surface area (Å²) in [5.74, 6) is 1.05. The molecule has 1 N–H and O–H groups in total. The molecule has 0 spiro atoms. The summed E-state index contributed by atoms with van der Waals surface area (Å²) in [6.45, 7) is 5.12. The monoisotopic (exact) mass is 360 g/mol. The van der Waals surface area contributed by atoms with Crippen LogP contribution in [-0.4, -0.2) is 47.2 Å². The van der Waals surface area contributed by atoms with Crippen LogP contribution >= 0.6 is 0 Å². The van der Waals surface area contributed by atoms with Crippen LogP contribution in [0.2, 0.25) is 0 Å². The van der Waals surface area contributed by atoms with Gasteiger partial charge in [0.2, 0.25) is 0 Å². The highest BCUT2D eigenvalue weighted by atomic mass is 16.2.